The monoisotopic (exact) mass is 612 g/mol. The molecule has 44 heavy (non-hydrogen) atoms. The van der Waals surface area contributed by atoms with E-state index in [1.807, 2.05) is 83.1 Å². The number of carbonyl (C=O) groups is 2. The maximum absolute atomic E-state index is 13.7. The topological polar surface area (TPSA) is 112 Å². The van der Waals surface area contributed by atoms with Crippen LogP contribution < -0.4 is 9.78 Å². The highest BCUT2D eigenvalue weighted by atomic mass is 17.2. The van der Waals surface area contributed by atoms with Gasteiger partial charge in [0.2, 0.25) is 11.5 Å². The van der Waals surface area contributed by atoms with Gasteiger partial charge >= 0.3 is 11.9 Å². The summed E-state index contributed by atoms with van der Waals surface area (Å²) in [5, 5.41) is 22.3. The SMILES string of the molecule is CC(CC(C)(C)OC(=O)c1c2c(C(C)(C)C)c(O)c(C(C)(C)C)c1OO2)OC(=O)c1cc(C(C)(C)C)c(O)c(C(C)(C)C)c1. The van der Waals surface area contributed by atoms with E-state index in [9.17, 15) is 19.8 Å². The Hall–Kier alpha value is -3.42. The van der Waals surface area contributed by atoms with E-state index in [2.05, 4.69) is 0 Å². The predicted octanol–water partition coefficient (Wildman–Crippen LogP) is 8.55. The Balaban J connectivity index is 1.89. The fourth-order valence-electron chi connectivity index (χ4n) is 5.74. The molecule has 0 aromatic heterocycles. The lowest BCUT2D eigenvalue weighted by atomic mass is 9.77. The van der Waals surface area contributed by atoms with Crippen LogP contribution in [-0.4, -0.2) is 33.9 Å². The highest BCUT2D eigenvalue weighted by Crippen LogP contribution is 2.55. The molecule has 0 fully saturated rings. The van der Waals surface area contributed by atoms with Crippen LogP contribution >= 0.6 is 0 Å². The molecule has 1 aliphatic heterocycles. The summed E-state index contributed by atoms with van der Waals surface area (Å²) >= 11 is 0. The second-order valence-electron chi connectivity index (χ2n) is 16.8. The van der Waals surface area contributed by atoms with E-state index in [1.54, 1.807) is 32.9 Å². The van der Waals surface area contributed by atoms with Crippen molar-refractivity contribution in [3.63, 3.8) is 0 Å². The smallest absolute Gasteiger partial charge is 0.346 e. The van der Waals surface area contributed by atoms with Crippen molar-refractivity contribution in [1.29, 1.82) is 0 Å². The zero-order chi connectivity index (χ0) is 34.0. The molecule has 2 N–H and O–H groups in total. The molecular weight excluding hydrogens is 560 g/mol. The van der Waals surface area contributed by atoms with Crippen LogP contribution in [0.1, 0.15) is 153 Å². The van der Waals surface area contributed by atoms with Gasteiger partial charge in [-0.3, -0.25) is 9.78 Å². The number of rotatable bonds is 6. The molecule has 0 saturated carbocycles. The lowest BCUT2D eigenvalue weighted by Gasteiger charge is -2.30. The highest BCUT2D eigenvalue weighted by molar-refractivity contribution is 5.99. The fourth-order valence-corrected chi connectivity index (χ4v) is 5.74. The van der Waals surface area contributed by atoms with Gasteiger partial charge in [-0.1, -0.05) is 83.1 Å². The average Bonchev–Trinajstić information content (AvgIpc) is 3.10. The summed E-state index contributed by atoms with van der Waals surface area (Å²) in [6, 6.07) is 3.38. The number of esters is 2. The minimum absolute atomic E-state index is 0.0438. The molecule has 0 aliphatic carbocycles. The van der Waals surface area contributed by atoms with Crippen molar-refractivity contribution in [3.8, 4) is 23.0 Å². The van der Waals surface area contributed by atoms with Gasteiger partial charge in [0.05, 0.1) is 5.56 Å². The van der Waals surface area contributed by atoms with Crippen molar-refractivity contribution in [2.45, 2.75) is 144 Å². The van der Waals surface area contributed by atoms with E-state index in [4.69, 9.17) is 19.2 Å². The van der Waals surface area contributed by atoms with Gasteiger partial charge in [-0.05, 0) is 54.6 Å². The number of hydrogen-bond acceptors (Lipinski definition) is 8. The number of hydrogen-bond donors (Lipinski definition) is 2. The van der Waals surface area contributed by atoms with Crippen LogP contribution in [0, 0.1) is 0 Å². The molecule has 2 aromatic carbocycles. The molecule has 1 atom stereocenters. The maximum Gasteiger partial charge on any atom is 0.346 e. The average molecular weight is 613 g/mol. The van der Waals surface area contributed by atoms with Gasteiger partial charge in [-0.25, -0.2) is 9.59 Å². The zero-order valence-corrected chi connectivity index (χ0v) is 29.3. The van der Waals surface area contributed by atoms with Crippen LogP contribution in [0.25, 0.3) is 0 Å². The Labute approximate surface area is 263 Å². The molecule has 8 heteroatoms. The highest BCUT2D eigenvalue weighted by Gasteiger charge is 2.44. The third-order valence-corrected chi connectivity index (χ3v) is 7.71. The molecule has 8 nitrogen and oxygen atoms in total. The Bertz CT molecular complexity index is 1380. The first-order valence-electron chi connectivity index (χ1n) is 15.3. The molecule has 2 aromatic rings. The summed E-state index contributed by atoms with van der Waals surface area (Å²) in [4.78, 5) is 38.2. The normalized spacial score (nSPS) is 14.5. The largest absolute Gasteiger partial charge is 0.507 e. The number of benzene rings is 2. The van der Waals surface area contributed by atoms with Gasteiger partial charge in [-0.2, -0.15) is 0 Å². The van der Waals surface area contributed by atoms with Gasteiger partial charge in [0.15, 0.2) is 5.56 Å². The van der Waals surface area contributed by atoms with Crippen LogP contribution in [0.15, 0.2) is 12.1 Å². The molecule has 0 radical (unpaired) electrons. The Morgan fingerprint density at radius 1 is 0.682 bits per heavy atom. The first-order chi connectivity index (χ1) is 19.7. The van der Waals surface area contributed by atoms with Crippen molar-refractivity contribution < 1.29 is 39.1 Å². The summed E-state index contributed by atoms with van der Waals surface area (Å²) in [5.41, 5.74) is -0.222. The number of carbonyl (C=O) groups excluding carboxylic acids is 2. The molecule has 0 amide bonds. The van der Waals surface area contributed by atoms with Crippen molar-refractivity contribution in [1.82, 2.24) is 0 Å². The molecule has 3 rings (SSSR count). The Kier molecular flexibility index (Phi) is 8.91. The zero-order valence-electron chi connectivity index (χ0n) is 29.3. The number of fused-ring (bicyclic) bond motifs is 2. The van der Waals surface area contributed by atoms with Gasteiger partial charge in [0, 0.05) is 28.7 Å². The standard InChI is InChI=1S/C36H52O8/c1-19(41-30(39)20-16-21(32(2,3)4)26(37)22(17-20)33(5,6)7)18-36(14,15)42-31(40)23-28-24(34(8,9)10)27(38)25(35(11,12)13)29(23)44-43-28/h16-17,19,37-38H,18H2,1-15H3. The van der Waals surface area contributed by atoms with Gasteiger partial charge in [0.1, 0.15) is 23.2 Å². The third-order valence-electron chi connectivity index (χ3n) is 7.71. The number of ether oxygens (including phenoxy) is 2. The molecule has 2 bridgehead atoms. The number of phenolic OH excluding ortho intramolecular Hbond substituents is 2. The lowest BCUT2D eigenvalue weighted by molar-refractivity contribution is -0.0869. The van der Waals surface area contributed by atoms with Crippen molar-refractivity contribution in [2.24, 2.45) is 0 Å². The summed E-state index contributed by atoms with van der Waals surface area (Å²) in [7, 11) is 0. The van der Waals surface area contributed by atoms with E-state index < -0.39 is 45.3 Å². The summed E-state index contributed by atoms with van der Waals surface area (Å²) in [6.07, 6.45) is -0.397. The minimum atomic E-state index is -1.04. The van der Waals surface area contributed by atoms with Crippen LogP contribution in [0.2, 0.25) is 0 Å². The molecule has 0 saturated heterocycles. The van der Waals surface area contributed by atoms with E-state index in [0.29, 0.717) is 27.8 Å². The van der Waals surface area contributed by atoms with Crippen LogP contribution in [0.4, 0.5) is 0 Å². The van der Waals surface area contributed by atoms with Gasteiger partial charge in [-0.15, -0.1) is 0 Å². The van der Waals surface area contributed by atoms with Crippen molar-refractivity contribution in [3.05, 3.63) is 45.5 Å². The van der Waals surface area contributed by atoms with Crippen LogP contribution in [-0.2, 0) is 31.1 Å². The van der Waals surface area contributed by atoms with Gasteiger partial charge < -0.3 is 19.7 Å². The molecule has 1 heterocycles. The van der Waals surface area contributed by atoms with E-state index in [-0.39, 0.29) is 35.0 Å². The quantitative estimate of drug-likeness (QED) is 0.247. The molecule has 0 spiro atoms. The lowest BCUT2D eigenvalue weighted by Crippen LogP contribution is -2.33. The summed E-state index contributed by atoms with van der Waals surface area (Å²) in [6.45, 7) is 28.7. The summed E-state index contributed by atoms with van der Waals surface area (Å²) in [5.74, 6) is -0.657. The van der Waals surface area contributed by atoms with E-state index >= 15 is 0 Å². The number of aromatic hydroxyl groups is 2. The predicted molar refractivity (Wildman–Crippen MR) is 171 cm³/mol. The van der Waals surface area contributed by atoms with E-state index in [0.717, 1.165) is 0 Å². The maximum atomic E-state index is 13.7. The minimum Gasteiger partial charge on any atom is -0.507 e. The third kappa shape index (κ3) is 7.10. The first-order valence-corrected chi connectivity index (χ1v) is 15.3. The van der Waals surface area contributed by atoms with Crippen molar-refractivity contribution in [2.75, 3.05) is 0 Å². The fraction of sp³-hybridized carbons (Fsp3) is 0.611. The second kappa shape index (κ2) is 11.2. The molecule has 1 unspecified atom stereocenters. The second-order valence-corrected chi connectivity index (χ2v) is 16.8. The Morgan fingerprint density at radius 2 is 1.09 bits per heavy atom. The first kappa shape index (κ1) is 35.1. The van der Waals surface area contributed by atoms with Crippen molar-refractivity contribution >= 4 is 11.9 Å². The molecular formula is C36H52O8. The Morgan fingerprint density at radius 3 is 1.45 bits per heavy atom. The molecule has 1 aliphatic rings. The number of phenols is 2. The summed E-state index contributed by atoms with van der Waals surface area (Å²) < 4.78 is 11.8. The van der Waals surface area contributed by atoms with E-state index in [1.165, 1.54) is 0 Å². The molecule has 244 valence electrons. The van der Waals surface area contributed by atoms with Gasteiger partial charge in [0.25, 0.3) is 0 Å². The van der Waals surface area contributed by atoms with Crippen LogP contribution in [0.5, 0.6) is 23.0 Å². The van der Waals surface area contributed by atoms with Crippen LogP contribution in [0.3, 0.4) is 0 Å².